The van der Waals surface area contributed by atoms with Crippen molar-refractivity contribution in [1.29, 1.82) is 0 Å². The first-order valence-electron chi connectivity index (χ1n) is 10.8. The van der Waals surface area contributed by atoms with Crippen LogP contribution < -0.4 is 10.9 Å². The zero-order valence-electron chi connectivity index (χ0n) is 16.3. The van der Waals surface area contributed by atoms with Crippen LogP contribution in [0, 0.1) is 29.0 Å². The molecule has 5 aliphatic carbocycles. The topological polar surface area (TPSA) is 58.2 Å². The van der Waals surface area contributed by atoms with Gasteiger partial charge < -0.3 is 0 Å². The van der Waals surface area contributed by atoms with E-state index in [1.165, 1.54) is 50.7 Å². The highest BCUT2D eigenvalue weighted by molar-refractivity contribution is 5.91. The van der Waals surface area contributed by atoms with E-state index in [0.29, 0.717) is 6.42 Å². The first-order chi connectivity index (χ1) is 13.5. The number of benzene rings is 1. The van der Waals surface area contributed by atoms with Crippen LogP contribution in [0.15, 0.2) is 24.3 Å². The Morgan fingerprint density at radius 2 is 1.50 bits per heavy atom. The summed E-state index contributed by atoms with van der Waals surface area (Å²) in [4.78, 5) is 25.6. The SMILES string of the molecule is O=C(CC12CC3CC(CC(C3)C1)C2)NNC(=O)C1(c2ccc(F)cc2)CCC1. The van der Waals surface area contributed by atoms with Crippen molar-refractivity contribution < 1.29 is 14.0 Å². The Balaban J connectivity index is 1.21. The van der Waals surface area contributed by atoms with Gasteiger partial charge in [-0.3, -0.25) is 20.4 Å². The number of carbonyl (C=O) groups excluding carboxylic acids is 2. The Bertz CT molecular complexity index is 749. The van der Waals surface area contributed by atoms with Crippen LogP contribution in [0.3, 0.4) is 0 Å². The van der Waals surface area contributed by atoms with E-state index >= 15 is 0 Å². The van der Waals surface area contributed by atoms with E-state index in [-0.39, 0.29) is 23.0 Å². The van der Waals surface area contributed by atoms with Crippen LogP contribution >= 0.6 is 0 Å². The number of halogens is 1. The first kappa shape index (κ1) is 18.1. The van der Waals surface area contributed by atoms with E-state index in [0.717, 1.165) is 42.6 Å². The molecule has 6 rings (SSSR count). The number of hydrogen-bond acceptors (Lipinski definition) is 2. The fraction of sp³-hybridized carbons (Fsp3) is 0.652. The number of nitrogens with one attached hydrogen (secondary N) is 2. The van der Waals surface area contributed by atoms with E-state index in [1.807, 2.05) is 0 Å². The minimum atomic E-state index is -0.637. The second-order valence-electron chi connectivity index (χ2n) is 10.0. The van der Waals surface area contributed by atoms with E-state index in [4.69, 9.17) is 0 Å². The molecule has 5 saturated carbocycles. The Labute approximate surface area is 165 Å². The van der Waals surface area contributed by atoms with Crippen LogP contribution in [-0.4, -0.2) is 11.8 Å². The molecular formula is C23H29FN2O2. The fourth-order valence-corrected chi connectivity index (χ4v) is 7.08. The molecule has 1 aromatic carbocycles. The number of rotatable bonds is 4. The second kappa shape index (κ2) is 6.57. The summed E-state index contributed by atoms with van der Waals surface area (Å²) in [7, 11) is 0. The summed E-state index contributed by atoms with van der Waals surface area (Å²) in [5.74, 6) is 1.89. The largest absolute Gasteiger partial charge is 0.273 e. The average Bonchev–Trinajstić information content (AvgIpc) is 2.59. The smallest absolute Gasteiger partial charge is 0.249 e. The van der Waals surface area contributed by atoms with E-state index < -0.39 is 5.41 Å². The van der Waals surface area contributed by atoms with Crippen LogP contribution in [-0.2, 0) is 15.0 Å². The highest BCUT2D eigenvalue weighted by atomic mass is 19.1. The van der Waals surface area contributed by atoms with Gasteiger partial charge in [-0.05, 0) is 92.2 Å². The van der Waals surface area contributed by atoms with Crippen molar-refractivity contribution >= 4 is 11.8 Å². The Kier molecular flexibility index (Phi) is 4.25. The van der Waals surface area contributed by atoms with Gasteiger partial charge in [-0.15, -0.1) is 0 Å². The first-order valence-corrected chi connectivity index (χ1v) is 10.8. The lowest BCUT2D eigenvalue weighted by atomic mass is 9.49. The molecule has 0 atom stereocenters. The number of hydrazine groups is 1. The van der Waals surface area contributed by atoms with Gasteiger partial charge >= 0.3 is 0 Å². The summed E-state index contributed by atoms with van der Waals surface area (Å²) in [5, 5.41) is 0. The Morgan fingerprint density at radius 3 is 2.00 bits per heavy atom. The maximum atomic E-state index is 13.2. The summed E-state index contributed by atoms with van der Waals surface area (Å²) >= 11 is 0. The number of carbonyl (C=O) groups is 2. The van der Waals surface area contributed by atoms with E-state index in [1.54, 1.807) is 12.1 Å². The normalized spacial score (nSPS) is 34.5. The third-order valence-electron chi connectivity index (χ3n) is 8.05. The molecule has 0 saturated heterocycles. The molecular weight excluding hydrogens is 355 g/mol. The van der Waals surface area contributed by atoms with Crippen molar-refractivity contribution in [2.24, 2.45) is 23.2 Å². The molecule has 0 aliphatic heterocycles. The van der Waals surface area contributed by atoms with Gasteiger partial charge in [0.15, 0.2) is 0 Å². The minimum absolute atomic E-state index is 0.0659. The average molecular weight is 384 g/mol. The molecule has 0 unspecified atom stereocenters. The quantitative estimate of drug-likeness (QED) is 0.771. The zero-order chi connectivity index (χ0) is 19.4. The molecule has 28 heavy (non-hydrogen) atoms. The molecule has 0 aromatic heterocycles. The lowest BCUT2D eigenvalue weighted by molar-refractivity contribution is -0.137. The van der Waals surface area contributed by atoms with Crippen LogP contribution in [0.4, 0.5) is 4.39 Å². The van der Waals surface area contributed by atoms with Crippen LogP contribution in [0.2, 0.25) is 0 Å². The maximum absolute atomic E-state index is 13.2. The second-order valence-corrected chi connectivity index (χ2v) is 10.0. The molecule has 0 heterocycles. The van der Waals surface area contributed by atoms with Crippen molar-refractivity contribution in [3.05, 3.63) is 35.6 Å². The van der Waals surface area contributed by atoms with Crippen LogP contribution in [0.1, 0.15) is 69.8 Å². The third kappa shape index (κ3) is 3.03. The van der Waals surface area contributed by atoms with Gasteiger partial charge in [0.1, 0.15) is 5.82 Å². The van der Waals surface area contributed by atoms with E-state index in [9.17, 15) is 14.0 Å². The Hall–Kier alpha value is -1.91. The number of hydrogen-bond donors (Lipinski definition) is 2. The van der Waals surface area contributed by atoms with Crippen molar-refractivity contribution in [3.8, 4) is 0 Å². The van der Waals surface area contributed by atoms with Gasteiger partial charge in [-0.25, -0.2) is 4.39 Å². The third-order valence-corrected chi connectivity index (χ3v) is 8.05. The molecule has 0 spiro atoms. The molecule has 0 radical (unpaired) electrons. The highest BCUT2D eigenvalue weighted by Crippen LogP contribution is 2.61. The summed E-state index contributed by atoms with van der Waals surface area (Å²) in [6.45, 7) is 0. The molecule has 5 fully saturated rings. The van der Waals surface area contributed by atoms with Gasteiger partial charge in [0.05, 0.1) is 5.41 Å². The molecule has 5 heteroatoms. The van der Waals surface area contributed by atoms with Crippen LogP contribution in [0.25, 0.3) is 0 Å². The highest BCUT2D eigenvalue weighted by Gasteiger charge is 2.51. The van der Waals surface area contributed by atoms with E-state index in [2.05, 4.69) is 10.9 Å². The van der Waals surface area contributed by atoms with Crippen molar-refractivity contribution in [2.45, 2.75) is 69.6 Å². The van der Waals surface area contributed by atoms with Crippen molar-refractivity contribution in [2.75, 3.05) is 0 Å². The maximum Gasteiger partial charge on any atom is 0.249 e. The van der Waals surface area contributed by atoms with Gasteiger partial charge in [-0.1, -0.05) is 18.6 Å². The van der Waals surface area contributed by atoms with Crippen molar-refractivity contribution in [1.82, 2.24) is 10.9 Å². The molecule has 1 aromatic rings. The van der Waals surface area contributed by atoms with Gasteiger partial charge in [0.25, 0.3) is 0 Å². The summed E-state index contributed by atoms with van der Waals surface area (Å²) < 4.78 is 13.2. The molecule has 5 aliphatic rings. The minimum Gasteiger partial charge on any atom is -0.273 e. The molecule has 2 N–H and O–H groups in total. The number of amides is 2. The Morgan fingerprint density at radius 1 is 0.929 bits per heavy atom. The zero-order valence-corrected chi connectivity index (χ0v) is 16.3. The molecule has 4 nitrogen and oxygen atoms in total. The predicted molar refractivity (Wildman–Crippen MR) is 103 cm³/mol. The van der Waals surface area contributed by atoms with Gasteiger partial charge in [0.2, 0.25) is 11.8 Å². The molecule has 150 valence electrons. The molecule has 4 bridgehead atoms. The summed E-state index contributed by atoms with van der Waals surface area (Å²) in [6.07, 6.45) is 10.6. The summed E-state index contributed by atoms with van der Waals surface area (Å²) in [5.41, 5.74) is 5.74. The lowest BCUT2D eigenvalue weighted by Gasteiger charge is -2.56. The standard InChI is InChI=1S/C23H29FN2O2/c24-19-4-2-18(3-5-19)23(6-1-7-23)21(28)26-25-20(27)14-22-11-15-8-16(12-22)10-17(9-15)13-22/h2-5,15-17H,1,6-14H2,(H,25,27)(H,26,28). The van der Waals surface area contributed by atoms with Crippen LogP contribution in [0.5, 0.6) is 0 Å². The molecule has 2 amide bonds. The fourth-order valence-electron chi connectivity index (χ4n) is 7.08. The lowest BCUT2D eigenvalue weighted by Crippen LogP contribution is -2.55. The predicted octanol–water partition coefficient (Wildman–Crippen LogP) is 4.00. The monoisotopic (exact) mass is 384 g/mol. The van der Waals surface area contributed by atoms with Gasteiger partial charge in [0, 0.05) is 6.42 Å². The van der Waals surface area contributed by atoms with Crippen molar-refractivity contribution in [3.63, 3.8) is 0 Å². The summed E-state index contributed by atoms with van der Waals surface area (Å²) in [6, 6.07) is 6.17. The van der Waals surface area contributed by atoms with Gasteiger partial charge in [-0.2, -0.15) is 0 Å².